The van der Waals surface area contributed by atoms with E-state index in [1.165, 1.54) is 6.20 Å². The van der Waals surface area contributed by atoms with E-state index in [1.807, 2.05) is 0 Å². The highest BCUT2D eigenvalue weighted by atomic mass is 19.4. The summed E-state index contributed by atoms with van der Waals surface area (Å²) >= 11 is 0. The third kappa shape index (κ3) is 3.73. The zero-order valence-corrected chi connectivity index (χ0v) is 14.6. The predicted octanol–water partition coefficient (Wildman–Crippen LogP) is 4.01. The molecule has 3 aromatic rings. The Morgan fingerprint density at radius 3 is 2.66 bits per heavy atom. The van der Waals surface area contributed by atoms with Gasteiger partial charge >= 0.3 is 6.18 Å². The van der Waals surface area contributed by atoms with Crippen LogP contribution in [-0.4, -0.2) is 28.8 Å². The van der Waals surface area contributed by atoms with Crippen molar-refractivity contribution in [3.63, 3.8) is 0 Å². The molecule has 1 aliphatic rings. The van der Waals surface area contributed by atoms with Gasteiger partial charge in [0.1, 0.15) is 12.4 Å². The number of rotatable bonds is 3. The van der Waals surface area contributed by atoms with E-state index in [9.17, 15) is 22.4 Å². The number of halogens is 4. The van der Waals surface area contributed by atoms with Crippen LogP contribution in [0.25, 0.3) is 11.1 Å². The number of ether oxygens (including phenoxy) is 2. The van der Waals surface area contributed by atoms with Crippen LogP contribution in [0.15, 0.2) is 48.8 Å². The zero-order chi connectivity index (χ0) is 20.6. The van der Waals surface area contributed by atoms with Gasteiger partial charge in [-0.1, -0.05) is 12.1 Å². The fraction of sp³-hybridized carbons (Fsp3) is 0.158. The minimum atomic E-state index is -4.77. The molecule has 1 aromatic heterocycles. The maximum Gasteiger partial charge on any atom is 0.417 e. The van der Waals surface area contributed by atoms with Gasteiger partial charge in [0.25, 0.3) is 5.91 Å². The van der Waals surface area contributed by atoms with Crippen molar-refractivity contribution in [3.05, 3.63) is 60.2 Å². The largest absolute Gasteiger partial charge is 0.485 e. The maximum atomic E-state index is 14.5. The summed E-state index contributed by atoms with van der Waals surface area (Å²) in [6, 6.07) is 7.87. The lowest BCUT2D eigenvalue weighted by Crippen LogP contribution is -2.40. The van der Waals surface area contributed by atoms with Crippen LogP contribution in [0.5, 0.6) is 11.5 Å². The van der Waals surface area contributed by atoms with Crippen molar-refractivity contribution in [2.24, 2.45) is 0 Å². The summed E-state index contributed by atoms with van der Waals surface area (Å²) in [5, 5.41) is 8.12. The Labute approximate surface area is 161 Å². The Morgan fingerprint density at radius 1 is 1.21 bits per heavy atom. The second-order valence-electron chi connectivity index (χ2n) is 6.22. The number of hydrogen-bond donors (Lipinski definition) is 2. The normalized spacial score (nSPS) is 15.8. The Hall–Kier alpha value is -3.56. The number of nitrogens with one attached hydrogen (secondary N) is 2. The van der Waals surface area contributed by atoms with E-state index in [4.69, 9.17) is 9.47 Å². The third-order valence-corrected chi connectivity index (χ3v) is 4.28. The molecule has 1 unspecified atom stereocenters. The Bertz CT molecular complexity index is 1050. The molecule has 1 aliphatic heterocycles. The maximum absolute atomic E-state index is 14.5. The summed E-state index contributed by atoms with van der Waals surface area (Å²) in [4.78, 5) is 12.4. The smallest absolute Gasteiger partial charge is 0.417 e. The molecule has 29 heavy (non-hydrogen) atoms. The van der Waals surface area contributed by atoms with Crippen molar-refractivity contribution in [3.8, 4) is 22.6 Å². The number of aromatic nitrogens is 2. The molecule has 0 fully saturated rings. The van der Waals surface area contributed by atoms with Gasteiger partial charge in [0, 0.05) is 17.3 Å². The van der Waals surface area contributed by atoms with Crippen molar-refractivity contribution in [1.82, 2.24) is 10.2 Å². The molecule has 0 bridgehead atoms. The Kier molecular flexibility index (Phi) is 4.61. The molecule has 2 N–H and O–H groups in total. The summed E-state index contributed by atoms with van der Waals surface area (Å²) in [5.74, 6) is -1.11. The molecular weight excluding hydrogens is 394 g/mol. The lowest BCUT2D eigenvalue weighted by atomic mass is 10.0. The molecule has 0 spiro atoms. The van der Waals surface area contributed by atoms with Crippen LogP contribution in [0, 0.1) is 5.82 Å². The summed E-state index contributed by atoms with van der Waals surface area (Å²) in [7, 11) is 0. The monoisotopic (exact) mass is 407 g/mol. The molecule has 0 saturated carbocycles. The first kappa shape index (κ1) is 18.8. The molecule has 1 amide bonds. The number of alkyl halides is 3. The number of aromatic amines is 1. The van der Waals surface area contributed by atoms with Crippen molar-refractivity contribution in [2.75, 3.05) is 11.9 Å². The summed E-state index contributed by atoms with van der Waals surface area (Å²) < 4.78 is 65.9. The first-order valence-corrected chi connectivity index (χ1v) is 8.42. The number of carbonyl (C=O) groups excluding carboxylic acids is 1. The fourth-order valence-electron chi connectivity index (χ4n) is 2.90. The second kappa shape index (κ2) is 7.12. The lowest BCUT2D eigenvalue weighted by molar-refractivity contribution is -0.137. The van der Waals surface area contributed by atoms with E-state index >= 15 is 0 Å². The molecule has 0 saturated heterocycles. The molecule has 2 heterocycles. The third-order valence-electron chi connectivity index (χ3n) is 4.28. The lowest BCUT2D eigenvalue weighted by Gasteiger charge is -2.25. The van der Waals surface area contributed by atoms with E-state index in [0.29, 0.717) is 23.6 Å². The Balaban J connectivity index is 1.61. The number of amides is 1. The van der Waals surface area contributed by atoms with Crippen molar-refractivity contribution >= 4 is 11.6 Å². The topological polar surface area (TPSA) is 76.2 Å². The van der Waals surface area contributed by atoms with Gasteiger partial charge in [-0.3, -0.25) is 9.89 Å². The van der Waals surface area contributed by atoms with E-state index < -0.39 is 40.8 Å². The molecule has 10 heteroatoms. The highest BCUT2D eigenvalue weighted by Crippen LogP contribution is 2.39. The van der Waals surface area contributed by atoms with Crippen LogP contribution >= 0.6 is 0 Å². The first-order valence-electron chi connectivity index (χ1n) is 8.42. The van der Waals surface area contributed by atoms with E-state index in [2.05, 4.69) is 15.5 Å². The summed E-state index contributed by atoms with van der Waals surface area (Å²) in [6.45, 7) is -0.163. The molecule has 150 valence electrons. The van der Waals surface area contributed by atoms with Gasteiger partial charge in [0.2, 0.25) is 6.10 Å². The van der Waals surface area contributed by atoms with Gasteiger partial charge in [-0.25, -0.2) is 4.39 Å². The second-order valence-corrected chi connectivity index (χ2v) is 6.22. The molecule has 0 aliphatic carbocycles. The molecule has 6 nitrogen and oxygen atoms in total. The van der Waals surface area contributed by atoms with E-state index in [0.717, 1.165) is 6.20 Å². The Morgan fingerprint density at radius 2 is 1.97 bits per heavy atom. The number of anilines is 1. The fourth-order valence-corrected chi connectivity index (χ4v) is 2.90. The number of para-hydroxylation sites is 2. The molecular formula is C19H13F4N3O3. The molecule has 2 aromatic carbocycles. The predicted molar refractivity (Wildman–Crippen MR) is 94.0 cm³/mol. The van der Waals surface area contributed by atoms with Crippen molar-refractivity contribution in [2.45, 2.75) is 12.3 Å². The van der Waals surface area contributed by atoms with Crippen molar-refractivity contribution < 1.29 is 31.8 Å². The standard InChI is InChI=1S/C19H13F4N3O3/c20-13-5-11(10-7-24-25-8-10)12(19(21,22)23)6-14(13)26-18(27)17-9-28-15-3-1-2-4-16(15)29-17/h1-8,17H,9H2,(H,24,25)(H,26,27). The number of H-pyrrole nitrogens is 1. The first-order chi connectivity index (χ1) is 13.8. The van der Waals surface area contributed by atoms with Crippen LogP contribution in [0.2, 0.25) is 0 Å². The quantitative estimate of drug-likeness (QED) is 0.644. The molecule has 4 rings (SSSR count). The highest BCUT2D eigenvalue weighted by molar-refractivity contribution is 5.95. The van der Waals surface area contributed by atoms with Crippen molar-refractivity contribution in [1.29, 1.82) is 0 Å². The van der Waals surface area contributed by atoms with Gasteiger partial charge in [0.15, 0.2) is 11.5 Å². The van der Waals surface area contributed by atoms with Crippen LogP contribution in [0.3, 0.4) is 0 Å². The van der Waals surface area contributed by atoms with Crippen LogP contribution in [0.1, 0.15) is 5.56 Å². The summed E-state index contributed by atoms with van der Waals surface area (Å²) in [6.07, 6.45) is -3.56. The zero-order valence-electron chi connectivity index (χ0n) is 14.6. The van der Waals surface area contributed by atoms with E-state index in [-0.39, 0.29) is 12.2 Å². The number of benzene rings is 2. The average molecular weight is 407 g/mol. The SMILES string of the molecule is O=C(Nc1cc(C(F)(F)F)c(-c2cn[nH]c2)cc1F)C1COc2ccccc2O1. The number of fused-ring (bicyclic) bond motifs is 1. The van der Waals surface area contributed by atoms with Gasteiger partial charge in [0.05, 0.1) is 17.4 Å². The number of carbonyl (C=O) groups is 1. The van der Waals surface area contributed by atoms with Gasteiger partial charge < -0.3 is 14.8 Å². The van der Waals surface area contributed by atoms with Gasteiger partial charge in [-0.15, -0.1) is 0 Å². The summed E-state index contributed by atoms with van der Waals surface area (Å²) in [5.41, 5.74) is -2.05. The minimum absolute atomic E-state index is 0.0646. The molecule has 0 radical (unpaired) electrons. The minimum Gasteiger partial charge on any atom is -0.485 e. The number of hydrogen-bond acceptors (Lipinski definition) is 4. The van der Waals surface area contributed by atoms with Gasteiger partial charge in [-0.2, -0.15) is 18.3 Å². The number of nitrogens with zero attached hydrogens (tertiary/aromatic N) is 1. The van der Waals surface area contributed by atoms with Crippen LogP contribution < -0.4 is 14.8 Å². The molecule has 1 atom stereocenters. The van der Waals surface area contributed by atoms with Gasteiger partial charge in [-0.05, 0) is 24.3 Å². The average Bonchev–Trinajstić information content (AvgIpc) is 3.22. The van der Waals surface area contributed by atoms with E-state index in [1.54, 1.807) is 24.3 Å². The van der Waals surface area contributed by atoms with Crippen LogP contribution in [0.4, 0.5) is 23.2 Å². The highest BCUT2D eigenvalue weighted by Gasteiger charge is 2.36. The van der Waals surface area contributed by atoms with Crippen LogP contribution in [-0.2, 0) is 11.0 Å².